The van der Waals surface area contributed by atoms with Gasteiger partial charge in [-0.15, -0.1) is 0 Å². The van der Waals surface area contributed by atoms with Gasteiger partial charge in [-0.2, -0.15) is 5.26 Å². The zero-order chi connectivity index (χ0) is 17.4. The van der Waals surface area contributed by atoms with Crippen LogP contribution in [0.3, 0.4) is 0 Å². The SMILES string of the molecule is N#Cc1ccc(OCC(=O)NS(=O)(=O)/C=C\c2ccccc2)cc1. The average Bonchev–Trinajstić information content (AvgIpc) is 2.59. The molecule has 1 amide bonds. The Hall–Kier alpha value is -3.11. The average molecular weight is 342 g/mol. The van der Waals surface area contributed by atoms with Gasteiger partial charge in [-0.05, 0) is 35.9 Å². The van der Waals surface area contributed by atoms with Gasteiger partial charge in [0.1, 0.15) is 5.75 Å². The van der Waals surface area contributed by atoms with E-state index in [1.807, 2.05) is 16.9 Å². The summed E-state index contributed by atoms with van der Waals surface area (Å²) in [5, 5.41) is 9.60. The van der Waals surface area contributed by atoms with E-state index in [-0.39, 0.29) is 0 Å². The van der Waals surface area contributed by atoms with Crippen molar-refractivity contribution in [3.05, 3.63) is 71.1 Å². The number of sulfonamides is 1. The number of nitrogens with zero attached hydrogens (tertiary/aromatic N) is 1. The molecule has 6 nitrogen and oxygen atoms in total. The maximum Gasteiger partial charge on any atom is 0.271 e. The van der Waals surface area contributed by atoms with Gasteiger partial charge in [0.2, 0.25) is 0 Å². The topological polar surface area (TPSA) is 96.3 Å². The first-order chi connectivity index (χ1) is 11.5. The van der Waals surface area contributed by atoms with E-state index < -0.39 is 22.5 Å². The van der Waals surface area contributed by atoms with E-state index in [2.05, 4.69) is 0 Å². The summed E-state index contributed by atoms with van der Waals surface area (Å²) in [4.78, 5) is 11.7. The molecule has 0 radical (unpaired) electrons. The second kappa shape index (κ2) is 7.94. The fourth-order valence-electron chi connectivity index (χ4n) is 1.73. The predicted octanol–water partition coefficient (Wildman–Crippen LogP) is 2.05. The van der Waals surface area contributed by atoms with Crippen molar-refractivity contribution in [1.82, 2.24) is 4.72 Å². The Morgan fingerprint density at radius 2 is 1.79 bits per heavy atom. The number of carbonyl (C=O) groups excluding carboxylic acids is 1. The van der Waals surface area contributed by atoms with Crippen molar-refractivity contribution in [2.75, 3.05) is 6.61 Å². The van der Waals surface area contributed by atoms with Crippen molar-refractivity contribution >= 4 is 22.0 Å². The van der Waals surface area contributed by atoms with Gasteiger partial charge >= 0.3 is 0 Å². The van der Waals surface area contributed by atoms with Crippen molar-refractivity contribution in [2.24, 2.45) is 0 Å². The van der Waals surface area contributed by atoms with Crippen LogP contribution in [0, 0.1) is 11.3 Å². The summed E-state index contributed by atoms with van der Waals surface area (Å²) in [5.74, 6) is -0.432. The van der Waals surface area contributed by atoms with Crippen LogP contribution in [0.5, 0.6) is 5.75 Å². The summed E-state index contributed by atoms with van der Waals surface area (Å²) < 4.78 is 30.7. The van der Waals surface area contributed by atoms with Gasteiger partial charge in [0, 0.05) is 0 Å². The van der Waals surface area contributed by atoms with Crippen LogP contribution >= 0.6 is 0 Å². The molecule has 1 N–H and O–H groups in total. The van der Waals surface area contributed by atoms with Crippen molar-refractivity contribution < 1.29 is 17.9 Å². The first-order valence-corrected chi connectivity index (χ1v) is 8.45. The number of hydrogen-bond donors (Lipinski definition) is 1. The zero-order valence-electron chi connectivity index (χ0n) is 12.5. The summed E-state index contributed by atoms with van der Waals surface area (Å²) in [5.41, 5.74) is 1.16. The maximum atomic E-state index is 11.8. The molecule has 0 aliphatic heterocycles. The Morgan fingerprint density at radius 1 is 1.12 bits per heavy atom. The van der Waals surface area contributed by atoms with E-state index in [0.717, 1.165) is 5.41 Å². The van der Waals surface area contributed by atoms with Gasteiger partial charge in [0.05, 0.1) is 17.0 Å². The molecule has 0 bridgehead atoms. The van der Waals surface area contributed by atoms with Crippen LogP contribution < -0.4 is 9.46 Å². The highest BCUT2D eigenvalue weighted by molar-refractivity contribution is 7.93. The highest BCUT2D eigenvalue weighted by Crippen LogP contribution is 2.11. The number of amides is 1. The van der Waals surface area contributed by atoms with Crippen molar-refractivity contribution in [3.63, 3.8) is 0 Å². The summed E-state index contributed by atoms with van der Waals surface area (Å²) in [6.45, 7) is -0.454. The molecule has 0 aromatic heterocycles. The smallest absolute Gasteiger partial charge is 0.271 e. The number of rotatable bonds is 6. The van der Waals surface area contributed by atoms with Crippen LogP contribution in [0.1, 0.15) is 11.1 Å². The lowest BCUT2D eigenvalue weighted by Crippen LogP contribution is -2.33. The van der Waals surface area contributed by atoms with Crippen LogP contribution in [0.2, 0.25) is 0 Å². The van der Waals surface area contributed by atoms with Crippen LogP contribution in [-0.4, -0.2) is 20.9 Å². The lowest BCUT2D eigenvalue weighted by atomic mass is 10.2. The highest BCUT2D eigenvalue weighted by Gasteiger charge is 2.11. The number of carbonyl (C=O) groups is 1. The molecule has 0 aliphatic rings. The first-order valence-electron chi connectivity index (χ1n) is 6.90. The lowest BCUT2D eigenvalue weighted by molar-refractivity contribution is -0.121. The van der Waals surface area contributed by atoms with E-state index >= 15 is 0 Å². The molecule has 2 aromatic rings. The number of benzene rings is 2. The molecule has 0 unspecified atom stereocenters. The van der Waals surface area contributed by atoms with Gasteiger partial charge in [0.15, 0.2) is 6.61 Å². The fourth-order valence-corrected chi connectivity index (χ4v) is 2.51. The molecule has 0 saturated heterocycles. The van der Waals surface area contributed by atoms with Crippen LogP contribution in [-0.2, 0) is 14.8 Å². The molecule has 7 heteroatoms. The minimum absolute atomic E-state index is 0.362. The summed E-state index contributed by atoms with van der Waals surface area (Å²) in [6, 6.07) is 16.9. The van der Waals surface area contributed by atoms with E-state index in [1.165, 1.54) is 30.3 Å². The Balaban J connectivity index is 1.88. The van der Waals surface area contributed by atoms with Crippen molar-refractivity contribution in [3.8, 4) is 11.8 Å². The normalized spacial score (nSPS) is 11.0. The standard InChI is InChI=1S/C17H14N2O4S/c18-12-15-6-8-16(9-7-15)23-13-17(20)19-24(21,22)11-10-14-4-2-1-3-5-14/h1-11H,13H2,(H,19,20)/b11-10-. The fraction of sp³-hybridized carbons (Fsp3) is 0.0588. The van der Waals surface area contributed by atoms with Crippen molar-refractivity contribution in [1.29, 1.82) is 5.26 Å². The Kier molecular flexibility index (Phi) is 5.71. The first kappa shape index (κ1) is 17.2. The monoisotopic (exact) mass is 342 g/mol. The van der Waals surface area contributed by atoms with Gasteiger partial charge in [-0.3, -0.25) is 4.79 Å². The number of nitriles is 1. The third-order valence-electron chi connectivity index (χ3n) is 2.85. The number of ether oxygens (including phenoxy) is 1. The molecule has 24 heavy (non-hydrogen) atoms. The molecular weight excluding hydrogens is 328 g/mol. The third-order valence-corrected chi connectivity index (χ3v) is 3.86. The van der Waals surface area contributed by atoms with Crippen LogP contribution in [0.4, 0.5) is 0 Å². The number of nitrogens with one attached hydrogen (secondary N) is 1. The summed E-state index contributed by atoms with van der Waals surface area (Å²) in [7, 11) is -3.90. The Labute approximate surface area is 140 Å². The molecule has 2 aromatic carbocycles. The van der Waals surface area contributed by atoms with E-state index in [9.17, 15) is 13.2 Å². The summed E-state index contributed by atoms with van der Waals surface area (Å²) in [6.07, 6.45) is 1.39. The predicted molar refractivity (Wildman–Crippen MR) is 89.2 cm³/mol. The van der Waals surface area contributed by atoms with Gasteiger partial charge in [0.25, 0.3) is 15.9 Å². The number of hydrogen-bond acceptors (Lipinski definition) is 5. The quantitative estimate of drug-likeness (QED) is 0.867. The Bertz CT molecular complexity index is 867. The second-order valence-corrected chi connectivity index (χ2v) is 6.27. The van der Waals surface area contributed by atoms with E-state index in [1.54, 1.807) is 24.3 Å². The zero-order valence-corrected chi connectivity index (χ0v) is 13.4. The highest BCUT2D eigenvalue weighted by atomic mass is 32.2. The van der Waals surface area contributed by atoms with Gasteiger partial charge in [-0.25, -0.2) is 13.1 Å². The van der Waals surface area contributed by atoms with Gasteiger partial charge < -0.3 is 4.74 Å². The van der Waals surface area contributed by atoms with Crippen LogP contribution in [0.25, 0.3) is 6.08 Å². The van der Waals surface area contributed by atoms with Gasteiger partial charge in [-0.1, -0.05) is 30.3 Å². The molecule has 0 atom stereocenters. The molecule has 0 fully saturated rings. The molecule has 0 saturated carbocycles. The third kappa shape index (κ3) is 5.59. The molecular formula is C17H14N2O4S. The molecule has 122 valence electrons. The molecule has 0 heterocycles. The minimum atomic E-state index is -3.90. The van der Waals surface area contributed by atoms with E-state index in [4.69, 9.17) is 10.00 Å². The summed E-state index contributed by atoms with van der Waals surface area (Å²) >= 11 is 0. The van der Waals surface area contributed by atoms with Crippen LogP contribution in [0.15, 0.2) is 60.0 Å². The molecule has 0 aliphatic carbocycles. The lowest BCUT2D eigenvalue weighted by Gasteiger charge is -2.06. The second-order valence-electron chi connectivity index (χ2n) is 4.71. The Morgan fingerprint density at radius 3 is 2.42 bits per heavy atom. The molecule has 2 rings (SSSR count). The molecule has 0 spiro atoms. The van der Waals surface area contributed by atoms with E-state index in [0.29, 0.717) is 16.9 Å². The maximum absolute atomic E-state index is 11.8. The van der Waals surface area contributed by atoms with Crippen molar-refractivity contribution in [2.45, 2.75) is 0 Å². The largest absolute Gasteiger partial charge is 0.484 e. The minimum Gasteiger partial charge on any atom is -0.484 e.